The first-order valence-corrected chi connectivity index (χ1v) is 9.68. The van der Waals surface area contributed by atoms with Crippen LogP contribution >= 0.6 is 11.6 Å². The molecule has 0 saturated carbocycles. The van der Waals surface area contributed by atoms with Crippen molar-refractivity contribution >= 4 is 28.4 Å². The van der Waals surface area contributed by atoms with Gasteiger partial charge >= 0.3 is 0 Å². The number of nitrogens with zero attached hydrogens (tertiary/aromatic N) is 3. The second-order valence-electron chi connectivity index (χ2n) is 7.91. The first-order chi connectivity index (χ1) is 12.4. The summed E-state index contributed by atoms with van der Waals surface area (Å²) in [6, 6.07) is 7.88. The lowest BCUT2D eigenvalue weighted by Crippen LogP contribution is -2.62. The molecule has 140 valence electrons. The van der Waals surface area contributed by atoms with Gasteiger partial charge < -0.3 is 19.5 Å². The summed E-state index contributed by atoms with van der Waals surface area (Å²) < 4.78 is 1.93. The van der Waals surface area contributed by atoms with Crippen molar-refractivity contribution in [3.8, 4) is 0 Å². The fourth-order valence-electron chi connectivity index (χ4n) is 4.87. The van der Waals surface area contributed by atoms with Crippen molar-refractivity contribution in [1.82, 2.24) is 14.4 Å². The molecule has 0 spiro atoms. The van der Waals surface area contributed by atoms with Gasteiger partial charge in [0.2, 0.25) is 0 Å². The van der Waals surface area contributed by atoms with E-state index < -0.39 is 0 Å². The highest BCUT2D eigenvalue weighted by atomic mass is 35.5. The molecule has 6 heteroatoms. The van der Waals surface area contributed by atoms with E-state index in [4.69, 9.17) is 11.6 Å². The number of rotatable bonds is 2. The summed E-state index contributed by atoms with van der Waals surface area (Å²) in [6.07, 6.45) is 3.03. The highest BCUT2D eigenvalue weighted by molar-refractivity contribution is 6.31. The summed E-state index contributed by atoms with van der Waals surface area (Å²) >= 11 is 6.11. The van der Waals surface area contributed by atoms with Crippen LogP contribution in [0.4, 0.5) is 0 Å². The molecule has 3 heterocycles. The van der Waals surface area contributed by atoms with Gasteiger partial charge in [0.1, 0.15) is 5.69 Å². The lowest BCUT2D eigenvalue weighted by atomic mass is 9.69. The number of hydrogen-bond acceptors (Lipinski definition) is 3. The van der Waals surface area contributed by atoms with Crippen LogP contribution in [0, 0.1) is 5.41 Å². The number of aliphatic hydroxyl groups excluding tert-OH is 1. The van der Waals surface area contributed by atoms with Crippen molar-refractivity contribution in [2.75, 3.05) is 33.3 Å². The van der Waals surface area contributed by atoms with E-state index in [9.17, 15) is 9.90 Å². The number of piperidine rings is 2. The number of benzene rings is 1. The van der Waals surface area contributed by atoms with Gasteiger partial charge in [-0.05, 0) is 51.1 Å². The SMILES string of the molecule is CN1CCC[C@]2(CO)CCN(C(=O)c3cc4ccc(Cl)cc4n3C)C[C@@H]12. The zero-order valence-corrected chi connectivity index (χ0v) is 16.2. The largest absolute Gasteiger partial charge is 0.396 e. The van der Waals surface area contributed by atoms with Crippen molar-refractivity contribution in [1.29, 1.82) is 0 Å². The average Bonchev–Trinajstić information content (AvgIpc) is 2.97. The topological polar surface area (TPSA) is 48.7 Å². The maximum absolute atomic E-state index is 13.2. The number of fused-ring (bicyclic) bond motifs is 2. The van der Waals surface area contributed by atoms with Gasteiger partial charge in [-0.1, -0.05) is 17.7 Å². The molecule has 1 aromatic heterocycles. The Kier molecular flexibility index (Phi) is 4.49. The molecule has 2 aliphatic heterocycles. The van der Waals surface area contributed by atoms with Gasteiger partial charge in [-0.25, -0.2) is 0 Å². The number of carbonyl (C=O) groups is 1. The Balaban J connectivity index is 1.62. The van der Waals surface area contributed by atoms with E-state index in [1.54, 1.807) is 0 Å². The molecule has 0 unspecified atom stereocenters. The van der Waals surface area contributed by atoms with E-state index in [2.05, 4.69) is 11.9 Å². The third-order valence-electron chi connectivity index (χ3n) is 6.53. The number of carbonyl (C=O) groups excluding carboxylic acids is 1. The molecule has 0 aliphatic carbocycles. The van der Waals surface area contributed by atoms with Crippen LogP contribution in [0.2, 0.25) is 5.02 Å². The van der Waals surface area contributed by atoms with Gasteiger partial charge in [-0.15, -0.1) is 0 Å². The maximum atomic E-state index is 13.2. The number of aryl methyl sites for hydroxylation is 1. The normalized spacial score (nSPS) is 26.9. The van der Waals surface area contributed by atoms with Crippen LogP contribution in [0.5, 0.6) is 0 Å². The smallest absolute Gasteiger partial charge is 0.270 e. The van der Waals surface area contributed by atoms with E-state index in [-0.39, 0.29) is 24.0 Å². The molecule has 2 atom stereocenters. The van der Waals surface area contributed by atoms with Gasteiger partial charge in [0.05, 0.1) is 6.61 Å². The first kappa shape index (κ1) is 17.8. The van der Waals surface area contributed by atoms with Crippen molar-refractivity contribution in [3.63, 3.8) is 0 Å². The van der Waals surface area contributed by atoms with Gasteiger partial charge in [0.15, 0.2) is 0 Å². The fourth-order valence-corrected chi connectivity index (χ4v) is 5.04. The number of amides is 1. The van der Waals surface area contributed by atoms with Crippen LogP contribution in [-0.4, -0.2) is 64.7 Å². The van der Waals surface area contributed by atoms with Gasteiger partial charge in [-0.2, -0.15) is 0 Å². The summed E-state index contributed by atoms with van der Waals surface area (Å²) in [5.74, 6) is 0.0605. The molecule has 2 saturated heterocycles. The maximum Gasteiger partial charge on any atom is 0.270 e. The lowest BCUT2D eigenvalue weighted by molar-refractivity contribution is -0.0602. The van der Waals surface area contributed by atoms with E-state index >= 15 is 0 Å². The van der Waals surface area contributed by atoms with Crippen LogP contribution in [-0.2, 0) is 7.05 Å². The summed E-state index contributed by atoms with van der Waals surface area (Å²) in [5, 5.41) is 11.8. The standard InChI is InChI=1S/C20H26ClN3O2/c1-22-8-3-6-20(13-25)7-9-24(12-18(20)22)19(26)17-10-14-4-5-15(21)11-16(14)23(17)2/h4-5,10-11,18,25H,3,6-9,12-13H2,1-2H3/t18-,20-/m1/s1. The summed E-state index contributed by atoms with van der Waals surface area (Å²) in [4.78, 5) is 17.5. The first-order valence-electron chi connectivity index (χ1n) is 9.30. The predicted octanol–water partition coefficient (Wildman–Crippen LogP) is 2.75. The van der Waals surface area contributed by atoms with Gasteiger partial charge in [-0.3, -0.25) is 4.79 Å². The molecular formula is C20H26ClN3O2. The number of aliphatic hydroxyl groups is 1. The molecule has 5 nitrogen and oxygen atoms in total. The third-order valence-corrected chi connectivity index (χ3v) is 6.76. The molecule has 2 fully saturated rings. The number of aromatic nitrogens is 1. The second kappa shape index (κ2) is 6.55. The molecule has 1 amide bonds. The van der Waals surface area contributed by atoms with Crippen LogP contribution in [0.3, 0.4) is 0 Å². The summed E-state index contributed by atoms with van der Waals surface area (Å²) in [7, 11) is 4.03. The number of likely N-dealkylation sites (N-methyl/N-ethyl adjacent to an activating group) is 1. The van der Waals surface area contributed by atoms with Crippen LogP contribution < -0.4 is 0 Å². The molecule has 2 aliphatic rings. The van der Waals surface area contributed by atoms with Gasteiger partial charge in [0, 0.05) is 47.5 Å². The summed E-state index contributed by atoms with van der Waals surface area (Å²) in [6.45, 7) is 2.61. The number of hydrogen-bond donors (Lipinski definition) is 1. The molecular weight excluding hydrogens is 350 g/mol. The van der Waals surface area contributed by atoms with Crippen LogP contribution in [0.1, 0.15) is 29.8 Å². The Labute approximate surface area is 159 Å². The predicted molar refractivity (Wildman–Crippen MR) is 104 cm³/mol. The number of halogens is 1. The third kappa shape index (κ3) is 2.73. The van der Waals surface area contributed by atoms with E-state index in [0.29, 0.717) is 23.8 Å². The van der Waals surface area contributed by atoms with Crippen LogP contribution in [0.25, 0.3) is 10.9 Å². The second-order valence-corrected chi connectivity index (χ2v) is 8.35. The van der Waals surface area contributed by atoms with Crippen molar-refractivity contribution in [2.24, 2.45) is 12.5 Å². The van der Waals surface area contributed by atoms with Crippen molar-refractivity contribution in [3.05, 3.63) is 35.0 Å². The minimum atomic E-state index is -0.0593. The number of likely N-dealkylation sites (tertiary alicyclic amines) is 2. The minimum absolute atomic E-state index is 0.0593. The van der Waals surface area contributed by atoms with Gasteiger partial charge in [0.25, 0.3) is 5.91 Å². The molecule has 1 aromatic carbocycles. The fraction of sp³-hybridized carbons (Fsp3) is 0.550. The Hall–Kier alpha value is -1.56. The Morgan fingerprint density at radius 3 is 2.85 bits per heavy atom. The monoisotopic (exact) mass is 375 g/mol. The highest BCUT2D eigenvalue weighted by Gasteiger charge is 2.47. The quantitative estimate of drug-likeness (QED) is 0.878. The lowest BCUT2D eigenvalue weighted by Gasteiger charge is -2.53. The molecule has 1 N–H and O–H groups in total. The average molecular weight is 376 g/mol. The Bertz CT molecular complexity index is 849. The van der Waals surface area contributed by atoms with Crippen molar-refractivity contribution in [2.45, 2.75) is 25.3 Å². The van der Waals surface area contributed by atoms with Crippen LogP contribution in [0.15, 0.2) is 24.3 Å². The zero-order valence-electron chi connectivity index (χ0n) is 15.4. The van der Waals surface area contributed by atoms with E-state index in [0.717, 1.165) is 36.7 Å². The molecule has 4 rings (SSSR count). The Morgan fingerprint density at radius 1 is 1.27 bits per heavy atom. The molecule has 26 heavy (non-hydrogen) atoms. The molecule has 2 aromatic rings. The Morgan fingerprint density at radius 2 is 2.08 bits per heavy atom. The van der Waals surface area contributed by atoms with Crippen molar-refractivity contribution < 1.29 is 9.90 Å². The van der Waals surface area contributed by atoms with E-state index in [1.807, 2.05) is 40.8 Å². The zero-order chi connectivity index (χ0) is 18.5. The molecule has 0 radical (unpaired) electrons. The minimum Gasteiger partial charge on any atom is -0.396 e. The van der Waals surface area contributed by atoms with E-state index in [1.165, 1.54) is 0 Å². The summed E-state index contributed by atoms with van der Waals surface area (Å²) in [5.41, 5.74) is 1.60. The molecule has 0 bridgehead atoms. The highest BCUT2D eigenvalue weighted by Crippen LogP contribution is 2.41.